The SMILES string of the molecule is CCc1ccccc1N1CCCSC1=NC(=O)NC(F)C(F)c1ccc(-c2ncn(-c3ccc(OC(F)(F)F)cc3)n2)cc1. The summed E-state index contributed by atoms with van der Waals surface area (Å²) in [5, 5.41) is 6.73. The van der Waals surface area contributed by atoms with Gasteiger partial charge in [-0.15, -0.1) is 18.3 Å². The summed E-state index contributed by atoms with van der Waals surface area (Å²) in [7, 11) is 0. The second-order valence-corrected chi connectivity index (χ2v) is 10.7. The van der Waals surface area contributed by atoms with E-state index in [1.54, 1.807) is 0 Å². The van der Waals surface area contributed by atoms with Gasteiger partial charge in [0.25, 0.3) is 0 Å². The van der Waals surface area contributed by atoms with E-state index in [2.05, 4.69) is 19.8 Å². The third-order valence-corrected chi connectivity index (χ3v) is 7.74. The molecule has 2 atom stereocenters. The number of nitrogens with zero attached hydrogens (tertiary/aromatic N) is 5. The summed E-state index contributed by atoms with van der Waals surface area (Å²) in [5.41, 5.74) is 2.93. The number of nitrogens with one attached hydrogen (secondary N) is 1. The molecule has 2 unspecified atom stereocenters. The van der Waals surface area contributed by atoms with Crippen molar-refractivity contribution in [3.63, 3.8) is 0 Å². The van der Waals surface area contributed by atoms with Crippen molar-refractivity contribution in [3.8, 4) is 22.8 Å². The molecule has 1 N–H and O–H groups in total. The molecule has 14 heteroatoms. The van der Waals surface area contributed by atoms with Gasteiger partial charge in [0.15, 0.2) is 17.2 Å². The molecule has 3 aromatic carbocycles. The Kier molecular flexibility index (Phi) is 9.47. The second kappa shape index (κ2) is 13.5. The van der Waals surface area contributed by atoms with Crippen LogP contribution in [0.5, 0.6) is 5.75 Å². The standard InChI is InChI=1S/C30H27F5N6O2S/c1-2-19-6-3-4-7-24(19)40-16-5-17-44-29(40)38-28(42)37-26(32)25(31)20-8-10-21(11-9-20)27-36-18-41(39-27)22-12-14-23(15-13-22)43-30(33,34)35/h3-4,6-15,18,25-26H,2,5,16-17H2,1H3,(H,37,42). The molecule has 2 heterocycles. The Hall–Kier alpha value is -4.46. The van der Waals surface area contributed by atoms with E-state index < -0.39 is 24.9 Å². The van der Waals surface area contributed by atoms with Crippen molar-refractivity contribution in [3.05, 3.63) is 90.3 Å². The van der Waals surface area contributed by atoms with Gasteiger partial charge in [-0.25, -0.2) is 23.2 Å². The number of aryl methyl sites for hydroxylation is 1. The zero-order chi connectivity index (χ0) is 31.3. The first-order valence-corrected chi connectivity index (χ1v) is 14.6. The van der Waals surface area contributed by atoms with E-state index in [0.29, 0.717) is 23.0 Å². The maximum Gasteiger partial charge on any atom is 0.573 e. The van der Waals surface area contributed by atoms with Gasteiger partial charge in [0.1, 0.15) is 12.1 Å². The number of halogens is 5. The smallest absolute Gasteiger partial charge is 0.406 e. The fraction of sp³-hybridized carbons (Fsp3) is 0.267. The molecule has 0 bridgehead atoms. The lowest BCUT2D eigenvalue weighted by Crippen LogP contribution is -2.38. The maximum absolute atomic E-state index is 15.0. The summed E-state index contributed by atoms with van der Waals surface area (Å²) in [5.74, 6) is 0.632. The Balaban J connectivity index is 1.22. The average molecular weight is 631 g/mol. The topological polar surface area (TPSA) is 84.6 Å². The van der Waals surface area contributed by atoms with Crippen molar-refractivity contribution < 1.29 is 31.5 Å². The summed E-state index contributed by atoms with van der Waals surface area (Å²) >= 11 is 1.39. The molecule has 4 aromatic rings. The molecule has 230 valence electrons. The van der Waals surface area contributed by atoms with Crippen molar-refractivity contribution in [1.82, 2.24) is 20.1 Å². The normalized spacial score (nSPS) is 16.0. The van der Waals surface area contributed by atoms with E-state index in [1.807, 2.05) is 41.4 Å². The van der Waals surface area contributed by atoms with Crippen LogP contribution in [-0.2, 0) is 6.42 Å². The minimum atomic E-state index is -4.80. The Morgan fingerprint density at radius 1 is 1.07 bits per heavy atom. The molecule has 1 fully saturated rings. The van der Waals surface area contributed by atoms with E-state index in [0.717, 1.165) is 42.0 Å². The number of carbonyl (C=O) groups is 1. The Bertz CT molecular complexity index is 1610. The number of hydrogen-bond donors (Lipinski definition) is 1. The number of rotatable bonds is 8. The van der Waals surface area contributed by atoms with Gasteiger partial charge < -0.3 is 15.0 Å². The molecule has 1 aliphatic heterocycles. The highest BCUT2D eigenvalue weighted by Gasteiger charge is 2.31. The van der Waals surface area contributed by atoms with Crippen molar-refractivity contribution in [2.45, 2.75) is 38.6 Å². The van der Waals surface area contributed by atoms with Crippen LogP contribution < -0.4 is 15.0 Å². The Morgan fingerprint density at radius 2 is 1.80 bits per heavy atom. The number of amides is 2. The van der Waals surface area contributed by atoms with Crippen molar-refractivity contribution in [2.75, 3.05) is 17.2 Å². The predicted molar refractivity (Wildman–Crippen MR) is 158 cm³/mol. The maximum atomic E-state index is 15.0. The van der Waals surface area contributed by atoms with E-state index >= 15 is 4.39 Å². The lowest BCUT2D eigenvalue weighted by atomic mass is 10.1. The van der Waals surface area contributed by atoms with Crippen molar-refractivity contribution in [1.29, 1.82) is 0 Å². The van der Waals surface area contributed by atoms with E-state index in [-0.39, 0.29) is 17.1 Å². The number of carbonyl (C=O) groups excluding carboxylic acids is 1. The van der Waals surface area contributed by atoms with Crippen LogP contribution in [0.4, 0.5) is 32.4 Å². The zero-order valence-corrected chi connectivity index (χ0v) is 24.2. The number of ether oxygens (including phenoxy) is 1. The molecule has 44 heavy (non-hydrogen) atoms. The molecule has 0 radical (unpaired) electrons. The van der Waals surface area contributed by atoms with Crippen LogP contribution in [0.1, 0.15) is 30.6 Å². The molecule has 0 spiro atoms. The predicted octanol–water partition coefficient (Wildman–Crippen LogP) is 7.41. The minimum Gasteiger partial charge on any atom is -0.406 e. The van der Waals surface area contributed by atoms with Crippen LogP contribution >= 0.6 is 11.8 Å². The van der Waals surface area contributed by atoms with Gasteiger partial charge in [-0.2, -0.15) is 4.99 Å². The molecule has 5 rings (SSSR count). The Morgan fingerprint density at radius 3 is 2.50 bits per heavy atom. The number of hydrogen-bond acceptors (Lipinski definition) is 5. The lowest BCUT2D eigenvalue weighted by Gasteiger charge is -2.31. The van der Waals surface area contributed by atoms with Gasteiger partial charge in [-0.1, -0.05) is 61.2 Å². The third-order valence-electron chi connectivity index (χ3n) is 6.68. The first-order chi connectivity index (χ1) is 21.1. The first-order valence-electron chi connectivity index (χ1n) is 13.6. The summed E-state index contributed by atoms with van der Waals surface area (Å²) in [6.07, 6.45) is -6.26. The van der Waals surface area contributed by atoms with Gasteiger partial charge in [0.05, 0.1) is 5.69 Å². The molecular weight excluding hydrogens is 603 g/mol. The van der Waals surface area contributed by atoms with E-state index in [1.165, 1.54) is 59.2 Å². The molecule has 0 aliphatic carbocycles. The monoisotopic (exact) mass is 630 g/mol. The quantitative estimate of drug-likeness (QED) is 0.161. The highest BCUT2D eigenvalue weighted by molar-refractivity contribution is 8.14. The fourth-order valence-electron chi connectivity index (χ4n) is 4.56. The number of amidine groups is 1. The van der Waals surface area contributed by atoms with Gasteiger partial charge in [0, 0.05) is 23.5 Å². The summed E-state index contributed by atoms with van der Waals surface area (Å²) < 4.78 is 72.3. The first kappa shape index (κ1) is 31.0. The van der Waals surface area contributed by atoms with Gasteiger partial charge in [-0.3, -0.25) is 0 Å². The molecule has 2 amide bonds. The zero-order valence-electron chi connectivity index (χ0n) is 23.3. The lowest BCUT2D eigenvalue weighted by molar-refractivity contribution is -0.274. The number of thioether (sulfide) groups is 1. The highest BCUT2D eigenvalue weighted by Crippen LogP contribution is 2.29. The van der Waals surface area contributed by atoms with Crippen LogP contribution in [0.3, 0.4) is 0 Å². The molecular formula is C30H27F5N6O2S. The Labute approximate surface area is 254 Å². The van der Waals surface area contributed by atoms with E-state index in [4.69, 9.17) is 0 Å². The fourth-order valence-corrected chi connectivity index (χ4v) is 5.51. The number of aromatic nitrogens is 3. The number of aliphatic imine (C=N–C) groups is 1. The van der Waals surface area contributed by atoms with Gasteiger partial charge >= 0.3 is 12.4 Å². The van der Waals surface area contributed by atoms with Crippen LogP contribution in [0.25, 0.3) is 17.1 Å². The summed E-state index contributed by atoms with van der Waals surface area (Å²) in [6.45, 7) is 2.69. The highest BCUT2D eigenvalue weighted by atomic mass is 32.2. The van der Waals surface area contributed by atoms with Crippen molar-refractivity contribution >= 4 is 28.6 Å². The summed E-state index contributed by atoms with van der Waals surface area (Å²) in [6, 6.07) is 17.6. The van der Waals surface area contributed by atoms with E-state index in [9.17, 15) is 22.4 Å². The van der Waals surface area contributed by atoms with Crippen LogP contribution in [-0.4, -0.2) is 50.9 Å². The van der Waals surface area contributed by atoms with Gasteiger partial charge in [0.2, 0.25) is 6.30 Å². The van der Waals surface area contributed by atoms with Crippen LogP contribution in [0.2, 0.25) is 0 Å². The minimum absolute atomic E-state index is 0.0144. The third kappa shape index (κ3) is 7.54. The average Bonchev–Trinajstić information content (AvgIpc) is 3.51. The number of alkyl halides is 5. The van der Waals surface area contributed by atoms with Crippen LogP contribution in [0.15, 0.2) is 84.1 Å². The number of anilines is 1. The number of urea groups is 1. The second-order valence-electron chi connectivity index (χ2n) is 9.66. The summed E-state index contributed by atoms with van der Waals surface area (Å²) in [4.78, 5) is 22.8. The molecule has 8 nitrogen and oxygen atoms in total. The van der Waals surface area contributed by atoms with Gasteiger partial charge in [-0.05, 0) is 54.3 Å². The molecule has 1 saturated heterocycles. The molecule has 0 saturated carbocycles. The number of para-hydroxylation sites is 1. The van der Waals surface area contributed by atoms with Crippen LogP contribution in [0, 0.1) is 0 Å². The largest absolute Gasteiger partial charge is 0.573 e. The molecule has 1 aliphatic rings. The molecule has 1 aromatic heterocycles. The van der Waals surface area contributed by atoms with Crippen molar-refractivity contribution in [2.24, 2.45) is 4.99 Å². The number of benzene rings is 3.